The number of rotatable bonds is 4. The van der Waals surface area contributed by atoms with E-state index in [1.165, 1.54) is 19.2 Å². The SMILES string of the molecule is COC(C)C(=O)Nc1cc(S(N)(=O)=O)cc(C)c1C. The van der Waals surface area contributed by atoms with E-state index in [2.05, 4.69) is 5.32 Å². The van der Waals surface area contributed by atoms with E-state index in [-0.39, 0.29) is 10.8 Å². The summed E-state index contributed by atoms with van der Waals surface area (Å²) in [5, 5.41) is 7.73. The van der Waals surface area contributed by atoms with E-state index in [9.17, 15) is 13.2 Å². The van der Waals surface area contributed by atoms with Crippen molar-refractivity contribution in [3.05, 3.63) is 23.3 Å². The molecule has 0 bridgehead atoms. The molecular weight excluding hydrogens is 268 g/mol. The first-order valence-corrected chi connectivity index (χ1v) is 7.19. The Hall–Kier alpha value is -1.44. The highest BCUT2D eigenvalue weighted by Crippen LogP contribution is 2.23. The van der Waals surface area contributed by atoms with Crippen LogP contribution in [0.1, 0.15) is 18.1 Å². The van der Waals surface area contributed by atoms with Crippen LogP contribution < -0.4 is 10.5 Å². The number of hydrogen-bond acceptors (Lipinski definition) is 4. The zero-order chi connectivity index (χ0) is 14.8. The van der Waals surface area contributed by atoms with E-state index in [1.807, 2.05) is 0 Å². The van der Waals surface area contributed by atoms with Crippen LogP contribution in [0.5, 0.6) is 0 Å². The third-order valence-corrected chi connectivity index (χ3v) is 3.84. The average Bonchev–Trinajstić information content (AvgIpc) is 2.32. The maximum absolute atomic E-state index is 11.8. The van der Waals surface area contributed by atoms with Crippen molar-refractivity contribution >= 4 is 21.6 Å². The van der Waals surface area contributed by atoms with Crippen molar-refractivity contribution in [3.63, 3.8) is 0 Å². The third-order valence-electron chi connectivity index (χ3n) is 2.95. The normalized spacial score (nSPS) is 13.1. The highest BCUT2D eigenvalue weighted by molar-refractivity contribution is 7.89. The van der Waals surface area contributed by atoms with E-state index in [1.54, 1.807) is 20.8 Å². The smallest absolute Gasteiger partial charge is 0.253 e. The molecule has 0 saturated heterocycles. The van der Waals surface area contributed by atoms with Gasteiger partial charge < -0.3 is 10.1 Å². The lowest BCUT2D eigenvalue weighted by molar-refractivity contribution is -0.124. The van der Waals surface area contributed by atoms with Crippen molar-refractivity contribution in [2.45, 2.75) is 31.8 Å². The zero-order valence-corrected chi connectivity index (χ0v) is 12.2. The van der Waals surface area contributed by atoms with Crippen molar-refractivity contribution in [2.75, 3.05) is 12.4 Å². The summed E-state index contributed by atoms with van der Waals surface area (Å²) in [5.41, 5.74) is 1.92. The Bertz CT molecular complexity index is 596. The minimum Gasteiger partial charge on any atom is -0.372 e. The fourth-order valence-corrected chi connectivity index (χ4v) is 2.08. The number of ether oxygens (including phenoxy) is 1. The van der Waals surface area contributed by atoms with Gasteiger partial charge in [-0.25, -0.2) is 13.6 Å². The van der Waals surface area contributed by atoms with Crippen molar-refractivity contribution < 1.29 is 17.9 Å². The van der Waals surface area contributed by atoms with E-state index in [0.717, 1.165) is 11.1 Å². The number of anilines is 1. The van der Waals surface area contributed by atoms with Gasteiger partial charge in [-0.2, -0.15) is 0 Å². The van der Waals surface area contributed by atoms with Gasteiger partial charge in [0.1, 0.15) is 6.10 Å². The molecule has 1 unspecified atom stereocenters. The number of nitrogens with one attached hydrogen (secondary N) is 1. The number of carbonyl (C=O) groups is 1. The number of nitrogens with two attached hydrogens (primary N) is 1. The van der Waals surface area contributed by atoms with Crippen LogP contribution >= 0.6 is 0 Å². The predicted molar refractivity (Wildman–Crippen MR) is 72.4 cm³/mol. The molecule has 106 valence electrons. The fraction of sp³-hybridized carbons (Fsp3) is 0.417. The molecule has 19 heavy (non-hydrogen) atoms. The molecule has 7 heteroatoms. The predicted octanol–water partition coefficient (Wildman–Crippen LogP) is 0.924. The van der Waals surface area contributed by atoms with Gasteiger partial charge in [-0.3, -0.25) is 4.79 Å². The highest BCUT2D eigenvalue weighted by atomic mass is 32.2. The highest BCUT2D eigenvalue weighted by Gasteiger charge is 2.16. The lowest BCUT2D eigenvalue weighted by Gasteiger charge is -2.15. The van der Waals surface area contributed by atoms with E-state index < -0.39 is 16.1 Å². The number of hydrogen-bond donors (Lipinski definition) is 2. The van der Waals surface area contributed by atoms with Gasteiger partial charge in [-0.1, -0.05) is 0 Å². The molecule has 0 aliphatic carbocycles. The lowest BCUT2D eigenvalue weighted by Crippen LogP contribution is -2.27. The summed E-state index contributed by atoms with van der Waals surface area (Å²) >= 11 is 0. The number of methoxy groups -OCH3 is 1. The van der Waals surface area contributed by atoms with Gasteiger partial charge >= 0.3 is 0 Å². The third kappa shape index (κ3) is 3.76. The first kappa shape index (κ1) is 15.6. The number of benzene rings is 1. The minimum absolute atomic E-state index is 0.0315. The van der Waals surface area contributed by atoms with Gasteiger partial charge in [0.2, 0.25) is 10.0 Å². The first-order valence-electron chi connectivity index (χ1n) is 5.64. The van der Waals surface area contributed by atoms with Crippen LogP contribution in [0.2, 0.25) is 0 Å². The van der Waals surface area contributed by atoms with Crippen LogP contribution in [0.15, 0.2) is 17.0 Å². The molecule has 0 heterocycles. The average molecular weight is 286 g/mol. The number of amides is 1. The van der Waals surface area contributed by atoms with E-state index in [4.69, 9.17) is 9.88 Å². The Morgan fingerprint density at radius 1 is 1.37 bits per heavy atom. The molecule has 1 atom stereocenters. The Kier molecular flexibility index (Phi) is 4.67. The Labute approximate surface area is 113 Å². The maximum atomic E-state index is 11.8. The second-order valence-corrected chi connectivity index (χ2v) is 5.89. The molecule has 0 fully saturated rings. The molecule has 0 aliphatic rings. The van der Waals surface area contributed by atoms with Crippen molar-refractivity contribution in [1.29, 1.82) is 0 Å². The van der Waals surface area contributed by atoms with Gasteiger partial charge in [0.25, 0.3) is 5.91 Å². The molecule has 0 aromatic heterocycles. The van der Waals surface area contributed by atoms with E-state index in [0.29, 0.717) is 5.69 Å². The molecule has 0 spiro atoms. The molecular formula is C12H18N2O4S. The molecule has 0 radical (unpaired) electrons. The second-order valence-electron chi connectivity index (χ2n) is 4.32. The summed E-state index contributed by atoms with van der Waals surface area (Å²) in [6, 6.07) is 2.82. The fourth-order valence-electron chi connectivity index (χ4n) is 1.46. The van der Waals surface area contributed by atoms with Crippen LogP contribution in [0.4, 0.5) is 5.69 Å². The molecule has 1 rings (SSSR count). The molecule has 1 amide bonds. The number of aryl methyl sites for hydroxylation is 1. The summed E-state index contributed by atoms with van der Waals surface area (Å²) in [5.74, 6) is -0.350. The van der Waals surface area contributed by atoms with Crippen molar-refractivity contribution in [1.82, 2.24) is 0 Å². The van der Waals surface area contributed by atoms with Gasteiger partial charge in [0, 0.05) is 12.8 Å². The number of sulfonamides is 1. The standard InChI is InChI=1S/C12H18N2O4S/c1-7-5-10(19(13,16)17)6-11(8(7)2)14-12(15)9(3)18-4/h5-6,9H,1-4H3,(H,14,15)(H2,13,16,17). The summed E-state index contributed by atoms with van der Waals surface area (Å²) in [6.07, 6.45) is -0.627. The van der Waals surface area contributed by atoms with Crippen LogP contribution in [0, 0.1) is 13.8 Å². The molecule has 6 nitrogen and oxygen atoms in total. The van der Waals surface area contributed by atoms with Crippen molar-refractivity contribution in [2.24, 2.45) is 5.14 Å². The number of primary sulfonamides is 1. The van der Waals surface area contributed by atoms with Crippen molar-refractivity contribution in [3.8, 4) is 0 Å². The number of carbonyl (C=O) groups excluding carboxylic acids is 1. The quantitative estimate of drug-likeness (QED) is 0.860. The topological polar surface area (TPSA) is 98.5 Å². The second kappa shape index (κ2) is 5.68. The Morgan fingerprint density at radius 2 is 1.95 bits per heavy atom. The maximum Gasteiger partial charge on any atom is 0.253 e. The largest absolute Gasteiger partial charge is 0.372 e. The molecule has 3 N–H and O–H groups in total. The van der Waals surface area contributed by atoms with Gasteiger partial charge in [-0.15, -0.1) is 0 Å². The van der Waals surface area contributed by atoms with Gasteiger partial charge in [-0.05, 0) is 44.0 Å². The van der Waals surface area contributed by atoms with Crippen LogP contribution in [-0.2, 0) is 19.6 Å². The van der Waals surface area contributed by atoms with Crippen LogP contribution in [-0.4, -0.2) is 27.5 Å². The summed E-state index contributed by atoms with van der Waals surface area (Å²) in [7, 11) is -2.39. The summed E-state index contributed by atoms with van der Waals surface area (Å²) in [4.78, 5) is 11.7. The van der Waals surface area contributed by atoms with Crippen LogP contribution in [0.25, 0.3) is 0 Å². The molecule has 0 saturated carbocycles. The van der Waals surface area contributed by atoms with Crippen LogP contribution in [0.3, 0.4) is 0 Å². The van der Waals surface area contributed by atoms with Gasteiger partial charge in [0.05, 0.1) is 4.90 Å². The van der Waals surface area contributed by atoms with E-state index >= 15 is 0 Å². The lowest BCUT2D eigenvalue weighted by atomic mass is 10.1. The summed E-state index contributed by atoms with van der Waals surface area (Å²) in [6.45, 7) is 5.13. The molecule has 1 aromatic carbocycles. The monoisotopic (exact) mass is 286 g/mol. The summed E-state index contributed by atoms with van der Waals surface area (Å²) < 4.78 is 27.6. The minimum atomic E-state index is -3.81. The Balaban J connectivity index is 3.21. The zero-order valence-electron chi connectivity index (χ0n) is 11.4. The molecule has 0 aliphatic heterocycles. The first-order chi connectivity index (χ1) is 8.66. The Morgan fingerprint density at radius 3 is 2.42 bits per heavy atom. The van der Waals surface area contributed by atoms with Gasteiger partial charge in [0.15, 0.2) is 0 Å². The molecule has 1 aromatic rings.